The maximum absolute atomic E-state index is 5.86. The summed E-state index contributed by atoms with van der Waals surface area (Å²) in [6.45, 7) is 2.02. The molecule has 2 nitrogen and oxygen atoms in total. The monoisotopic (exact) mass is 175 g/mol. The molecule has 0 spiro atoms. The first-order valence-electron chi connectivity index (χ1n) is 4.16. The van der Waals surface area contributed by atoms with E-state index in [2.05, 4.69) is 5.92 Å². The van der Waals surface area contributed by atoms with Gasteiger partial charge in [0.25, 0.3) is 0 Å². The Morgan fingerprint density at radius 1 is 1.54 bits per heavy atom. The summed E-state index contributed by atoms with van der Waals surface area (Å²) >= 11 is 0. The lowest BCUT2D eigenvalue weighted by Crippen LogP contribution is -1.99. The van der Waals surface area contributed by atoms with Crippen LogP contribution in [-0.2, 0) is 6.42 Å². The number of rotatable bonds is 2. The van der Waals surface area contributed by atoms with Gasteiger partial charge in [0.05, 0.1) is 12.8 Å². The van der Waals surface area contributed by atoms with Crippen LogP contribution in [-0.4, -0.2) is 7.11 Å². The van der Waals surface area contributed by atoms with Crippen LogP contribution in [0.1, 0.15) is 18.1 Å². The molecule has 0 unspecified atom stereocenters. The highest BCUT2D eigenvalue weighted by Crippen LogP contribution is 2.27. The van der Waals surface area contributed by atoms with E-state index in [1.54, 1.807) is 13.2 Å². The molecular weight excluding hydrogens is 162 g/mol. The molecule has 2 heteroatoms. The molecule has 0 fully saturated rings. The standard InChI is InChI=1S/C11H13NO/c1-4-8-6-7-10(13-3)11(12)9(8)5-2/h1,6-7H,5,12H2,2-3H3. The van der Waals surface area contributed by atoms with E-state index >= 15 is 0 Å². The van der Waals surface area contributed by atoms with Crippen LogP contribution >= 0.6 is 0 Å². The van der Waals surface area contributed by atoms with Gasteiger partial charge >= 0.3 is 0 Å². The molecule has 0 radical (unpaired) electrons. The third-order valence-electron chi connectivity index (χ3n) is 2.05. The Balaban J connectivity index is 3.34. The minimum atomic E-state index is 0.653. The van der Waals surface area contributed by atoms with Crippen molar-refractivity contribution in [3.05, 3.63) is 23.3 Å². The smallest absolute Gasteiger partial charge is 0.142 e. The molecule has 1 rings (SSSR count). The van der Waals surface area contributed by atoms with Crippen LogP contribution in [0.4, 0.5) is 5.69 Å². The average molecular weight is 175 g/mol. The highest BCUT2D eigenvalue weighted by molar-refractivity contribution is 5.64. The minimum absolute atomic E-state index is 0.653. The van der Waals surface area contributed by atoms with Crippen LogP contribution < -0.4 is 10.5 Å². The summed E-state index contributed by atoms with van der Waals surface area (Å²) in [7, 11) is 1.60. The van der Waals surface area contributed by atoms with Crippen LogP contribution in [0.25, 0.3) is 0 Å². The minimum Gasteiger partial charge on any atom is -0.495 e. The molecule has 0 amide bonds. The quantitative estimate of drug-likeness (QED) is 0.549. The third-order valence-corrected chi connectivity index (χ3v) is 2.05. The highest BCUT2D eigenvalue weighted by Gasteiger charge is 2.07. The van der Waals surface area contributed by atoms with E-state index in [9.17, 15) is 0 Å². The summed E-state index contributed by atoms with van der Waals surface area (Å²) in [5, 5.41) is 0. The van der Waals surface area contributed by atoms with Gasteiger partial charge in [0.2, 0.25) is 0 Å². The Bertz CT molecular complexity index is 350. The van der Waals surface area contributed by atoms with E-state index in [1.807, 2.05) is 13.0 Å². The van der Waals surface area contributed by atoms with E-state index in [4.69, 9.17) is 16.9 Å². The number of nitrogens with two attached hydrogens (primary N) is 1. The summed E-state index contributed by atoms with van der Waals surface area (Å²) in [5.74, 6) is 3.29. The molecule has 0 bridgehead atoms. The number of ether oxygens (including phenoxy) is 1. The van der Waals surface area contributed by atoms with Crippen LogP contribution in [0.15, 0.2) is 12.1 Å². The second-order valence-corrected chi connectivity index (χ2v) is 2.71. The van der Waals surface area contributed by atoms with Gasteiger partial charge in [-0.2, -0.15) is 0 Å². The van der Waals surface area contributed by atoms with Crippen molar-refractivity contribution < 1.29 is 4.74 Å². The number of terminal acetylenes is 1. The van der Waals surface area contributed by atoms with Gasteiger partial charge in [-0.25, -0.2) is 0 Å². The molecule has 0 aliphatic rings. The maximum atomic E-state index is 5.86. The molecule has 0 heterocycles. The second-order valence-electron chi connectivity index (χ2n) is 2.71. The van der Waals surface area contributed by atoms with Crippen molar-refractivity contribution in [2.24, 2.45) is 0 Å². The van der Waals surface area contributed by atoms with Crippen molar-refractivity contribution in [3.8, 4) is 18.1 Å². The highest BCUT2D eigenvalue weighted by atomic mass is 16.5. The molecule has 0 aliphatic carbocycles. The fourth-order valence-electron chi connectivity index (χ4n) is 1.34. The summed E-state index contributed by atoms with van der Waals surface area (Å²) in [6, 6.07) is 3.65. The van der Waals surface area contributed by atoms with Crippen molar-refractivity contribution in [1.82, 2.24) is 0 Å². The van der Waals surface area contributed by atoms with E-state index in [-0.39, 0.29) is 0 Å². The van der Waals surface area contributed by atoms with E-state index < -0.39 is 0 Å². The van der Waals surface area contributed by atoms with Crippen molar-refractivity contribution in [2.45, 2.75) is 13.3 Å². The molecule has 13 heavy (non-hydrogen) atoms. The number of nitrogen functional groups attached to an aromatic ring is 1. The first kappa shape index (κ1) is 9.47. The Hall–Kier alpha value is -1.62. The van der Waals surface area contributed by atoms with Crippen molar-refractivity contribution in [3.63, 3.8) is 0 Å². The fraction of sp³-hybridized carbons (Fsp3) is 0.273. The van der Waals surface area contributed by atoms with Crippen LogP contribution in [0.3, 0.4) is 0 Å². The number of methoxy groups -OCH3 is 1. The lowest BCUT2D eigenvalue weighted by molar-refractivity contribution is 0.416. The predicted octanol–water partition coefficient (Wildman–Crippen LogP) is 1.82. The van der Waals surface area contributed by atoms with Gasteiger partial charge in [0.1, 0.15) is 5.75 Å². The zero-order valence-electron chi connectivity index (χ0n) is 7.92. The van der Waals surface area contributed by atoms with Crippen molar-refractivity contribution in [2.75, 3.05) is 12.8 Å². The first-order chi connectivity index (χ1) is 6.24. The molecule has 0 saturated carbocycles. The molecular formula is C11H13NO. The molecule has 1 aromatic carbocycles. The van der Waals surface area contributed by atoms with E-state index in [0.717, 1.165) is 17.5 Å². The lowest BCUT2D eigenvalue weighted by Gasteiger charge is -2.10. The Labute approximate surface area is 78.7 Å². The van der Waals surface area contributed by atoms with Gasteiger partial charge in [-0.15, -0.1) is 6.42 Å². The Morgan fingerprint density at radius 2 is 2.23 bits per heavy atom. The topological polar surface area (TPSA) is 35.2 Å². The van der Waals surface area contributed by atoms with E-state index in [0.29, 0.717) is 11.4 Å². The Kier molecular flexibility index (Phi) is 2.81. The van der Waals surface area contributed by atoms with E-state index in [1.165, 1.54) is 0 Å². The second kappa shape index (κ2) is 3.86. The number of benzene rings is 1. The van der Waals surface area contributed by atoms with Gasteiger partial charge < -0.3 is 10.5 Å². The SMILES string of the molecule is C#Cc1ccc(OC)c(N)c1CC. The molecule has 0 atom stereocenters. The van der Waals surface area contributed by atoms with Gasteiger partial charge in [-0.3, -0.25) is 0 Å². The molecule has 68 valence electrons. The molecule has 0 aliphatic heterocycles. The third kappa shape index (κ3) is 1.59. The fourth-order valence-corrected chi connectivity index (χ4v) is 1.34. The normalized spacial score (nSPS) is 9.31. The molecule has 0 aromatic heterocycles. The lowest BCUT2D eigenvalue weighted by atomic mass is 10.0. The van der Waals surface area contributed by atoms with Gasteiger partial charge in [0, 0.05) is 5.56 Å². The number of hydrogen-bond acceptors (Lipinski definition) is 2. The van der Waals surface area contributed by atoms with Crippen molar-refractivity contribution in [1.29, 1.82) is 0 Å². The number of hydrogen-bond donors (Lipinski definition) is 1. The number of anilines is 1. The van der Waals surface area contributed by atoms with Gasteiger partial charge in [0.15, 0.2) is 0 Å². The van der Waals surface area contributed by atoms with Crippen LogP contribution in [0.5, 0.6) is 5.75 Å². The zero-order chi connectivity index (χ0) is 9.84. The van der Waals surface area contributed by atoms with Crippen LogP contribution in [0.2, 0.25) is 0 Å². The first-order valence-corrected chi connectivity index (χ1v) is 4.16. The average Bonchev–Trinajstić information content (AvgIpc) is 2.17. The van der Waals surface area contributed by atoms with Gasteiger partial charge in [-0.1, -0.05) is 12.8 Å². The van der Waals surface area contributed by atoms with Crippen LogP contribution in [0, 0.1) is 12.3 Å². The predicted molar refractivity (Wildman–Crippen MR) is 54.7 cm³/mol. The molecule has 1 aromatic rings. The maximum Gasteiger partial charge on any atom is 0.142 e. The summed E-state index contributed by atoms with van der Waals surface area (Å²) < 4.78 is 5.09. The van der Waals surface area contributed by atoms with Gasteiger partial charge in [-0.05, 0) is 24.1 Å². The molecule has 2 N–H and O–H groups in total. The summed E-state index contributed by atoms with van der Waals surface area (Å²) in [4.78, 5) is 0. The van der Waals surface area contributed by atoms with Crippen molar-refractivity contribution >= 4 is 5.69 Å². The molecule has 0 saturated heterocycles. The largest absolute Gasteiger partial charge is 0.495 e. The Morgan fingerprint density at radius 3 is 2.69 bits per heavy atom. The summed E-state index contributed by atoms with van der Waals surface area (Å²) in [5.41, 5.74) is 8.35. The zero-order valence-corrected chi connectivity index (χ0v) is 7.92. The summed E-state index contributed by atoms with van der Waals surface area (Å²) in [6.07, 6.45) is 6.16.